The van der Waals surface area contributed by atoms with E-state index < -0.39 is 49.5 Å². The van der Waals surface area contributed by atoms with E-state index in [9.17, 15) is 30.3 Å². The zero-order valence-electron chi connectivity index (χ0n) is 38.0. The first kappa shape index (κ1) is 55.4. The number of carbonyl (C=O) groups is 1. The van der Waals surface area contributed by atoms with Gasteiger partial charge in [0.05, 0.1) is 25.4 Å². The Morgan fingerprint density at radius 3 is 1.46 bits per heavy atom. The minimum Gasteiger partial charge on any atom is -0.394 e. The highest BCUT2D eigenvalue weighted by molar-refractivity contribution is 5.76. The Morgan fingerprint density at radius 2 is 1.00 bits per heavy atom. The molecule has 1 fully saturated rings. The van der Waals surface area contributed by atoms with Crippen LogP contribution in [0.1, 0.15) is 219 Å². The molecule has 0 bridgehead atoms. The molecular weight excluding hydrogens is 743 g/mol. The number of aliphatic hydroxyl groups excluding tert-OH is 5. The highest BCUT2D eigenvalue weighted by Gasteiger charge is 2.44. The van der Waals surface area contributed by atoms with Crippen molar-refractivity contribution in [1.82, 2.24) is 5.32 Å². The summed E-state index contributed by atoms with van der Waals surface area (Å²) in [5, 5.41) is 54.1. The lowest BCUT2D eigenvalue weighted by molar-refractivity contribution is -0.302. The molecular formula is C50H93NO8. The quantitative estimate of drug-likeness (QED) is 0.0263. The predicted molar refractivity (Wildman–Crippen MR) is 244 cm³/mol. The molecule has 346 valence electrons. The van der Waals surface area contributed by atoms with Gasteiger partial charge in [-0.1, -0.05) is 198 Å². The number of carbonyl (C=O) groups excluding carboxylic acids is 1. The van der Waals surface area contributed by atoms with Crippen LogP contribution >= 0.6 is 0 Å². The molecule has 7 unspecified atom stereocenters. The van der Waals surface area contributed by atoms with Crippen molar-refractivity contribution in [3.05, 3.63) is 36.5 Å². The SMILES string of the molecule is CCCCCCC/C=C\C/C=C\CCCCCCCCCCCCCCCCCC(=O)NC(COC1OC(CO)C(O)C(O)C1O)C(O)/C=C/CCCCCCCCC. The van der Waals surface area contributed by atoms with Gasteiger partial charge in [0.15, 0.2) is 6.29 Å². The Hall–Kier alpha value is -1.59. The monoisotopic (exact) mass is 836 g/mol. The predicted octanol–water partition coefficient (Wildman–Crippen LogP) is 10.8. The van der Waals surface area contributed by atoms with Crippen molar-refractivity contribution in [2.75, 3.05) is 13.2 Å². The van der Waals surface area contributed by atoms with Gasteiger partial charge in [0, 0.05) is 6.42 Å². The molecule has 0 aromatic rings. The summed E-state index contributed by atoms with van der Waals surface area (Å²) in [6.07, 6.45) is 43.6. The van der Waals surface area contributed by atoms with E-state index in [4.69, 9.17) is 9.47 Å². The first-order valence-corrected chi connectivity index (χ1v) is 24.7. The number of hydrogen-bond donors (Lipinski definition) is 6. The van der Waals surface area contributed by atoms with Crippen molar-refractivity contribution in [2.24, 2.45) is 0 Å². The number of aliphatic hydroxyl groups is 5. The summed E-state index contributed by atoms with van der Waals surface area (Å²) in [7, 11) is 0. The number of ether oxygens (including phenoxy) is 2. The number of nitrogens with one attached hydrogen (secondary N) is 1. The van der Waals surface area contributed by atoms with Gasteiger partial charge < -0.3 is 40.3 Å². The van der Waals surface area contributed by atoms with Gasteiger partial charge in [-0.25, -0.2) is 0 Å². The molecule has 9 heteroatoms. The molecule has 7 atom stereocenters. The van der Waals surface area contributed by atoms with Crippen LogP contribution < -0.4 is 5.32 Å². The van der Waals surface area contributed by atoms with E-state index >= 15 is 0 Å². The van der Waals surface area contributed by atoms with Gasteiger partial charge in [-0.15, -0.1) is 0 Å². The van der Waals surface area contributed by atoms with Gasteiger partial charge in [-0.05, 0) is 51.4 Å². The molecule has 0 aromatic heterocycles. The number of allylic oxidation sites excluding steroid dienone is 5. The fourth-order valence-corrected chi connectivity index (χ4v) is 7.72. The van der Waals surface area contributed by atoms with Crippen molar-refractivity contribution >= 4 is 5.91 Å². The average molecular weight is 836 g/mol. The van der Waals surface area contributed by atoms with Gasteiger partial charge in [0.2, 0.25) is 5.91 Å². The minimum atomic E-state index is -1.56. The van der Waals surface area contributed by atoms with Crippen LogP contribution in [-0.2, 0) is 14.3 Å². The van der Waals surface area contributed by atoms with Gasteiger partial charge >= 0.3 is 0 Å². The van der Waals surface area contributed by atoms with Crippen molar-refractivity contribution in [3.8, 4) is 0 Å². The highest BCUT2D eigenvalue weighted by atomic mass is 16.7. The zero-order chi connectivity index (χ0) is 43.0. The van der Waals surface area contributed by atoms with Gasteiger partial charge in [-0.2, -0.15) is 0 Å². The van der Waals surface area contributed by atoms with E-state index in [1.165, 1.54) is 154 Å². The first-order chi connectivity index (χ1) is 28.8. The summed E-state index contributed by atoms with van der Waals surface area (Å²) in [5.74, 6) is -0.179. The summed E-state index contributed by atoms with van der Waals surface area (Å²) < 4.78 is 11.2. The summed E-state index contributed by atoms with van der Waals surface area (Å²) in [6.45, 7) is 3.73. The molecule has 0 aromatic carbocycles. The molecule has 1 saturated heterocycles. The fourth-order valence-electron chi connectivity index (χ4n) is 7.72. The van der Waals surface area contributed by atoms with Crippen LogP contribution in [0.4, 0.5) is 0 Å². The molecule has 59 heavy (non-hydrogen) atoms. The maximum Gasteiger partial charge on any atom is 0.220 e. The molecule has 0 saturated carbocycles. The fraction of sp³-hybridized carbons (Fsp3) is 0.860. The lowest BCUT2D eigenvalue weighted by atomic mass is 9.99. The summed E-state index contributed by atoms with van der Waals surface area (Å²) >= 11 is 0. The second-order valence-corrected chi connectivity index (χ2v) is 17.3. The van der Waals surface area contributed by atoms with Crippen LogP contribution in [0.3, 0.4) is 0 Å². The Kier molecular flexibility index (Phi) is 38.0. The minimum absolute atomic E-state index is 0.179. The second-order valence-electron chi connectivity index (χ2n) is 17.3. The first-order valence-electron chi connectivity index (χ1n) is 24.7. The Labute approximate surface area is 361 Å². The smallest absolute Gasteiger partial charge is 0.220 e. The summed E-state index contributed by atoms with van der Waals surface area (Å²) in [6, 6.07) is -0.801. The van der Waals surface area contributed by atoms with Crippen LogP contribution in [0.2, 0.25) is 0 Å². The number of hydrogen-bond acceptors (Lipinski definition) is 8. The number of amides is 1. The molecule has 9 nitrogen and oxygen atoms in total. The van der Waals surface area contributed by atoms with Crippen molar-refractivity contribution in [1.29, 1.82) is 0 Å². The zero-order valence-corrected chi connectivity index (χ0v) is 38.0. The maximum atomic E-state index is 12.9. The molecule has 1 aliphatic rings. The third-order valence-corrected chi connectivity index (χ3v) is 11.7. The van der Waals surface area contributed by atoms with Crippen LogP contribution in [0.15, 0.2) is 36.5 Å². The average Bonchev–Trinajstić information content (AvgIpc) is 3.23. The van der Waals surface area contributed by atoms with E-state index in [0.717, 1.165) is 44.9 Å². The number of unbranched alkanes of at least 4 members (excludes halogenated alkanes) is 27. The van der Waals surface area contributed by atoms with Crippen LogP contribution in [0.25, 0.3) is 0 Å². The lowest BCUT2D eigenvalue weighted by Crippen LogP contribution is -2.60. The van der Waals surface area contributed by atoms with Gasteiger partial charge in [0.1, 0.15) is 24.4 Å². The molecule has 0 aliphatic carbocycles. The van der Waals surface area contributed by atoms with E-state index in [1.54, 1.807) is 6.08 Å². The van der Waals surface area contributed by atoms with E-state index in [2.05, 4.69) is 43.5 Å². The van der Waals surface area contributed by atoms with Crippen molar-refractivity contribution in [3.63, 3.8) is 0 Å². The molecule has 0 radical (unpaired) electrons. The lowest BCUT2D eigenvalue weighted by Gasteiger charge is -2.40. The van der Waals surface area contributed by atoms with E-state index in [1.807, 2.05) is 6.08 Å². The molecule has 6 N–H and O–H groups in total. The molecule has 0 spiro atoms. The standard InChI is InChI=1S/C50H93NO8/c1-3-5-7-9-11-13-14-15-16-17-18-19-20-21-22-23-24-25-26-27-28-29-30-32-34-36-38-40-46(54)51-43(44(53)39-37-35-33-31-12-10-8-6-4-2)42-58-50-49(57)48(56)47(55)45(41-52)59-50/h14-15,17-18,37,39,43-45,47-50,52-53,55-57H,3-13,16,19-36,38,40-42H2,1-2H3,(H,51,54)/b15-14-,18-17-,39-37+. The Morgan fingerprint density at radius 1 is 0.576 bits per heavy atom. The van der Waals surface area contributed by atoms with Gasteiger partial charge in [0.25, 0.3) is 0 Å². The topological polar surface area (TPSA) is 149 Å². The molecule has 1 rings (SSSR count). The second kappa shape index (κ2) is 40.5. The maximum absolute atomic E-state index is 12.9. The third kappa shape index (κ3) is 31.0. The highest BCUT2D eigenvalue weighted by Crippen LogP contribution is 2.23. The normalized spacial score (nSPS) is 21.0. The van der Waals surface area contributed by atoms with Gasteiger partial charge in [-0.3, -0.25) is 4.79 Å². The van der Waals surface area contributed by atoms with Crippen molar-refractivity contribution < 1.29 is 39.8 Å². The largest absolute Gasteiger partial charge is 0.394 e. The number of rotatable bonds is 41. The Balaban J connectivity index is 2.17. The molecule has 1 aliphatic heterocycles. The van der Waals surface area contributed by atoms with Crippen LogP contribution in [0.5, 0.6) is 0 Å². The van der Waals surface area contributed by atoms with Crippen molar-refractivity contribution in [2.45, 2.75) is 262 Å². The van der Waals surface area contributed by atoms with E-state index in [0.29, 0.717) is 6.42 Å². The summed E-state index contributed by atoms with van der Waals surface area (Å²) in [5.41, 5.74) is 0. The van der Waals surface area contributed by atoms with Crippen LogP contribution in [0, 0.1) is 0 Å². The van der Waals surface area contributed by atoms with Crippen LogP contribution in [-0.4, -0.2) is 87.5 Å². The summed E-state index contributed by atoms with van der Waals surface area (Å²) in [4.78, 5) is 12.9. The third-order valence-electron chi connectivity index (χ3n) is 11.7. The van der Waals surface area contributed by atoms with E-state index in [-0.39, 0.29) is 12.5 Å². The molecule has 1 amide bonds. The molecule has 1 heterocycles. The Bertz CT molecular complexity index is 1020.